The summed E-state index contributed by atoms with van der Waals surface area (Å²) in [5.74, 6) is 1.33. The Morgan fingerprint density at radius 3 is 2.54 bits per heavy atom. The molecule has 2 aromatic rings. The second-order valence-electron chi connectivity index (χ2n) is 6.78. The van der Waals surface area contributed by atoms with E-state index in [0.29, 0.717) is 24.0 Å². The molecule has 0 aliphatic heterocycles. The molecular formula is C22H25NO3. The molecule has 1 aliphatic carbocycles. The smallest absolute Gasteiger partial charge is 0.255 e. The maximum atomic E-state index is 12.5. The Balaban J connectivity index is 1.58. The lowest BCUT2D eigenvalue weighted by Gasteiger charge is -2.13. The molecule has 1 fully saturated rings. The lowest BCUT2D eigenvalue weighted by molar-refractivity contribution is 0.102. The van der Waals surface area contributed by atoms with Gasteiger partial charge in [-0.15, -0.1) is 0 Å². The molecule has 4 heteroatoms. The van der Waals surface area contributed by atoms with Gasteiger partial charge in [0.15, 0.2) is 0 Å². The second kappa shape index (κ2) is 8.56. The fourth-order valence-electron chi connectivity index (χ4n) is 2.95. The third kappa shape index (κ3) is 5.12. The molecule has 1 saturated carbocycles. The van der Waals surface area contributed by atoms with E-state index in [1.54, 1.807) is 18.2 Å². The van der Waals surface area contributed by atoms with E-state index in [-0.39, 0.29) is 5.91 Å². The van der Waals surface area contributed by atoms with Gasteiger partial charge in [-0.25, -0.2) is 0 Å². The van der Waals surface area contributed by atoms with Gasteiger partial charge in [-0.1, -0.05) is 12.6 Å². The van der Waals surface area contributed by atoms with Crippen molar-refractivity contribution in [2.75, 3.05) is 11.9 Å². The zero-order valence-corrected chi connectivity index (χ0v) is 15.2. The van der Waals surface area contributed by atoms with Crippen LogP contribution in [0.3, 0.4) is 0 Å². The van der Waals surface area contributed by atoms with Crippen LogP contribution in [0.1, 0.15) is 43.0 Å². The molecule has 0 aromatic heterocycles. The van der Waals surface area contributed by atoms with Gasteiger partial charge in [0.2, 0.25) is 0 Å². The minimum atomic E-state index is -0.171. The van der Waals surface area contributed by atoms with Crippen molar-refractivity contribution in [2.24, 2.45) is 0 Å². The monoisotopic (exact) mass is 351 g/mol. The Kier molecular flexibility index (Phi) is 5.95. The maximum Gasteiger partial charge on any atom is 0.255 e. The number of hydrogen-bond acceptors (Lipinski definition) is 3. The predicted octanol–water partition coefficient (Wildman–Crippen LogP) is 5.22. The van der Waals surface area contributed by atoms with E-state index < -0.39 is 0 Å². The van der Waals surface area contributed by atoms with Crippen molar-refractivity contribution in [1.82, 2.24) is 0 Å². The first kappa shape index (κ1) is 18.1. The first-order valence-corrected chi connectivity index (χ1v) is 9.05. The maximum absolute atomic E-state index is 12.5. The summed E-state index contributed by atoms with van der Waals surface area (Å²) in [4.78, 5) is 12.5. The highest BCUT2D eigenvalue weighted by Crippen LogP contribution is 2.25. The van der Waals surface area contributed by atoms with Gasteiger partial charge in [0.1, 0.15) is 18.1 Å². The molecule has 4 nitrogen and oxygen atoms in total. The van der Waals surface area contributed by atoms with E-state index >= 15 is 0 Å². The Morgan fingerprint density at radius 1 is 1.12 bits per heavy atom. The van der Waals surface area contributed by atoms with Gasteiger partial charge in [-0.05, 0) is 80.6 Å². The zero-order valence-electron chi connectivity index (χ0n) is 15.2. The Hall–Kier alpha value is -2.75. The summed E-state index contributed by atoms with van der Waals surface area (Å²) in [5.41, 5.74) is 2.22. The average molecular weight is 351 g/mol. The molecule has 0 spiro atoms. The van der Waals surface area contributed by atoms with Crippen LogP contribution in [0.25, 0.3) is 0 Å². The number of carbonyl (C=O) groups excluding carboxylic acids is 1. The van der Waals surface area contributed by atoms with Crippen molar-refractivity contribution in [2.45, 2.75) is 38.7 Å². The molecule has 136 valence electrons. The Morgan fingerprint density at radius 2 is 1.85 bits per heavy atom. The highest BCUT2D eigenvalue weighted by atomic mass is 16.5. The molecule has 0 radical (unpaired) electrons. The van der Waals surface area contributed by atoms with Crippen molar-refractivity contribution in [3.63, 3.8) is 0 Å². The fraction of sp³-hybridized carbons (Fsp3) is 0.318. The molecule has 0 heterocycles. The molecule has 26 heavy (non-hydrogen) atoms. The number of ether oxygens (including phenoxy) is 2. The van der Waals surface area contributed by atoms with Crippen molar-refractivity contribution in [3.8, 4) is 11.5 Å². The first-order chi connectivity index (χ1) is 12.6. The standard InChI is InChI=1S/C22H25NO3/c1-16(2)15-25-21-9-5-6-17(14-21)22(24)23-18-10-12-20(13-11-18)26-19-7-3-4-8-19/h5-6,9-14,19H,1,3-4,7-8,15H2,2H3,(H,23,24). The van der Waals surface area contributed by atoms with E-state index in [1.807, 2.05) is 37.3 Å². The average Bonchev–Trinajstić information content (AvgIpc) is 3.15. The minimum absolute atomic E-state index is 0.171. The largest absolute Gasteiger partial charge is 0.490 e. The van der Waals surface area contributed by atoms with Crippen LogP contribution in [-0.2, 0) is 0 Å². The van der Waals surface area contributed by atoms with Crippen LogP contribution in [0.2, 0.25) is 0 Å². The number of amides is 1. The molecule has 3 rings (SSSR count). The summed E-state index contributed by atoms with van der Waals surface area (Å²) in [6.45, 7) is 6.15. The fourth-order valence-corrected chi connectivity index (χ4v) is 2.95. The summed E-state index contributed by atoms with van der Waals surface area (Å²) in [7, 11) is 0. The van der Waals surface area contributed by atoms with Crippen molar-refractivity contribution in [1.29, 1.82) is 0 Å². The summed E-state index contributed by atoms with van der Waals surface area (Å²) < 4.78 is 11.5. The lowest BCUT2D eigenvalue weighted by atomic mass is 10.2. The van der Waals surface area contributed by atoms with E-state index in [9.17, 15) is 4.79 Å². The van der Waals surface area contributed by atoms with Gasteiger partial charge in [-0.3, -0.25) is 4.79 Å². The molecule has 0 unspecified atom stereocenters. The number of hydrogen-bond donors (Lipinski definition) is 1. The van der Waals surface area contributed by atoms with Gasteiger partial charge in [0, 0.05) is 11.3 Å². The number of benzene rings is 2. The van der Waals surface area contributed by atoms with Gasteiger partial charge < -0.3 is 14.8 Å². The van der Waals surface area contributed by atoms with Crippen molar-refractivity contribution >= 4 is 11.6 Å². The molecule has 2 aromatic carbocycles. The Bertz CT molecular complexity index is 761. The first-order valence-electron chi connectivity index (χ1n) is 9.05. The number of anilines is 1. The molecular weight excluding hydrogens is 326 g/mol. The van der Waals surface area contributed by atoms with E-state index in [2.05, 4.69) is 11.9 Å². The van der Waals surface area contributed by atoms with Crippen LogP contribution in [-0.4, -0.2) is 18.6 Å². The topological polar surface area (TPSA) is 47.6 Å². The highest BCUT2D eigenvalue weighted by molar-refractivity contribution is 6.04. The van der Waals surface area contributed by atoms with Crippen LogP contribution in [0.4, 0.5) is 5.69 Å². The summed E-state index contributed by atoms with van der Waals surface area (Å²) in [6.07, 6.45) is 5.07. The van der Waals surface area contributed by atoms with Crippen LogP contribution >= 0.6 is 0 Å². The minimum Gasteiger partial charge on any atom is -0.490 e. The molecule has 1 N–H and O–H groups in total. The summed E-state index contributed by atoms with van der Waals surface area (Å²) >= 11 is 0. The molecule has 0 saturated heterocycles. The normalized spacial score (nSPS) is 14.0. The van der Waals surface area contributed by atoms with Gasteiger partial charge in [-0.2, -0.15) is 0 Å². The van der Waals surface area contributed by atoms with E-state index in [4.69, 9.17) is 9.47 Å². The number of carbonyl (C=O) groups is 1. The number of nitrogens with one attached hydrogen (secondary N) is 1. The number of rotatable bonds is 7. The summed E-state index contributed by atoms with van der Waals surface area (Å²) in [6, 6.07) is 14.7. The SMILES string of the molecule is C=C(C)COc1cccc(C(=O)Nc2ccc(OC3CCCC3)cc2)c1. The third-order valence-electron chi connectivity index (χ3n) is 4.30. The quantitative estimate of drug-likeness (QED) is 0.696. The molecule has 1 amide bonds. The predicted molar refractivity (Wildman–Crippen MR) is 104 cm³/mol. The van der Waals surface area contributed by atoms with Crippen LogP contribution in [0.15, 0.2) is 60.7 Å². The summed E-state index contributed by atoms with van der Waals surface area (Å²) in [5, 5.41) is 2.90. The second-order valence-corrected chi connectivity index (χ2v) is 6.78. The Labute approximate surface area is 154 Å². The van der Waals surface area contributed by atoms with Gasteiger partial charge in [0.05, 0.1) is 6.10 Å². The van der Waals surface area contributed by atoms with Gasteiger partial charge >= 0.3 is 0 Å². The zero-order chi connectivity index (χ0) is 18.4. The van der Waals surface area contributed by atoms with Crippen LogP contribution < -0.4 is 14.8 Å². The molecule has 0 bridgehead atoms. The highest BCUT2D eigenvalue weighted by Gasteiger charge is 2.16. The molecule has 0 atom stereocenters. The van der Waals surface area contributed by atoms with Crippen molar-refractivity contribution in [3.05, 3.63) is 66.2 Å². The van der Waals surface area contributed by atoms with Crippen LogP contribution in [0.5, 0.6) is 11.5 Å². The molecule has 1 aliphatic rings. The van der Waals surface area contributed by atoms with E-state index in [1.165, 1.54) is 12.8 Å². The van der Waals surface area contributed by atoms with Crippen LogP contribution in [0, 0.1) is 0 Å². The van der Waals surface area contributed by atoms with Gasteiger partial charge in [0.25, 0.3) is 5.91 Å². The third-order valence-corrected chi connectivity index (χ3v) is 4.30. The lowest BCUT2D eigenvalue weighted by Crippen LogP contribution is -2.13. The van der Waals surface area contributed by atoms with E-state index in [0.717, 1.165) is 29.9 Å². The van der Waals surface area contributed by atoms with Crippen molar-refractivity contribution < 1.29 is 14.3 Å².